The van der Waals surface area contributed by atoms with E-state index in [2.05, 4.69) is 21.2 Å². The summed E-state index contributed by atoms with van der Waals surface area (Å²) in [5.74, 6) is -0.256. The van der Waals surface area contributed by atoms with E-state index in [0.29, 0.717) is 15.9 Å². The largest absolute Gasteiger partial charge is 0.480 e. The van der Waals surface area contributed by atoms with Gasteiger partial charge in [-0.1, -0.05) is 48.5 Å². The standard InChI is InChI=1S/C21H17BrFNO2/c1-14(26-20-12-11-16(23)13-18(20)22)21(25)24-19-10-6-5-9-17(19)15-7-3-2-4-8-15/h2-14H,1H3,(H,24,25)/t14-/m0/s1. The zero-order chi connectivity index (χ0) is 18.5. The fourth-order valence-electron chi connectivity index (χ4n) is 2.51. The molecule has 0 spiro atoms. The Morgan fingerprint density at radius 1 is 1.04 bits per heavy atom. The van der Waals surface area contributed by atoms with Gasteiger partial charge < -0.3 is 10.1 Å². The second-order valence-corrected chi connectivity index (χ2v) is 6.59. The van der Waals surface area contributed by atoms with Crippen LogP contribution in [-0.4, -0.2) is 12.0 Å². The third-order valence-corrected chi connectivity index (χ3v) is 4.46. The Morgan fingerprint density at radius 2 is 1.73 bits per heavy atom. The quantitative estimate of drug-likeness (QED) is 0.585. The van der Waals surface area contributed by atoms with Gasteiger partial charge in [-0.15, -0.1) is 0 Å². The minimum absolute atomic E-state index is 0.287. The lowest BCUT2D eigenvalue weighted by Gasteiger charge is -2.17. The molecule has 1 amide bonds. The number of rotatable bonds is 5. The molecule has 0 aliphatic heterocycles. The van der Waals surface area contributed by atoms with Gasteiger partial charge in [0.15, 0.2) is 6.10 Å². The van der Waals surface area contributed by atoms with Crippen LogP contribution in [0.3, 0.4) is 0 Å². The van der Waals surface area contributed by atoms with Gasteiger partial charge in [-0.05, 0) is 52.7 Å². The molecule has 0 radical (unpaired) electrons. The molecule has 0 aromatic heterocycles. The monoisotopic (exact) mass is 413 g/mol. The van der Waals surface area contributed by atoms with Crippen molar-refractivity contribution < 1.29 is 13.9 Å². The zero-order valence-electron chi connectivity index (χ0n) is 14.1. The van der Waals surface area contributed by atoms with Crippen LogP contribution in [0.4, 0.5) is 10.1 Å². The van der Waals surface area contributed by atoms with E-state index in [0.717, 1.165) is 11.1 Å². The van der Waals surface area contributed by atoms with Gasteiger partial charge in [-0.2, -0.15) is 0 Å². The molecule has 3 aromatic rings. The molecular formula is C21H17BrFNO2. The van der Waals surface area contributed by atoms with Crippen LogP contribution in [0.25, 0.3) is 11.1 Å². The van der Waals surface area contributed by atoms with Gasteiger partial charge in [-0.3, -0.25) is 4.79 Å². The maximum absolute atomic E-state index is 13.2. The highest BCUT2D eigenvalue weighted by atomic mass is 79.9. The number of carbonyl (C=O) groups excluding carboxylic acids is 1. The third kappa shape index (κ3) is 4.29. The molecule has 0 bridgehead atoms. The molecule has 0 heterocycles. The second-order valence-electron chi connectivity index (χ2n) is 5.74. The number of carbonyl (C=O) groups is 1. The lowest BCUT2D eigenvalue weighted by molar-refractivity contribution is -0.122. The average molecular weight is 414 g/mol. The Kier molecular flexibility index (Phi) is 5.68. The molecule has 0 fully saturated rings. The fourth-order valence-corrected chi connectivity index (χ4v) is 2.95. The van der Waals surface area contributed by atoms with Crippen LogP contribution in [-0.2, 0) is 4.79 Å². The summed E-state index contributed by atoms with van der Waals surface area (Å²) in [6.07, 6.45) is -0.749. The summed E-state index contributed by atoms with van der Waals surface area (Å²) in [4.78, 5) is 12.6. The van der Waals surface area contributed by atoms with Gasteiger partial charge in [0.05, 0.1) is 4.47 Å². The smallest absolute Gasteiger partial charge is 0.265 e. The molecule has 1 atom stereocenters. The van der Waals surface area contributed by atoms with Crippen molar-refractivity contribution >= 4 is 27.5 Å². The van der Waals surface area contributed by atoms with Crippen molar-refractivity contribution in [2.24, 2.45) is 0 Å². The fraction of sp³-hybridized carbons (Fsp3) is 0.0952. The Labute approximate surface area is 159 Å². The molecule has 0 aliphatic rings. The van der Waals surface area contributed by atoms with E-state index in [4.69, 9.17) is 4.74 Å². The first kappa shape index (κ1) is 18.1. The molecule has 0 saturated heterocycles. The number of nitrogens with one attached hydrogen (secondary N) is 1. The van der Waals surface area contributed by atoms with Gasteiger partial charge in [0.2, 0.25) is 0 Å². The normalized spacial score (nSPS) is 11.7. The maximum Gasteiger partial charge on any atom is 0.265 e. The summed E-state index contributed by atoms with van der Waals surface area (Å²) < 4.78 is 19.3. The van der Waals surface area contributed by atoms with E-state index in [9.17, 15) is 9.18 Å². The topological polar surface area (TPSA) is 38.3 Å². The number of amides is 1. The van der Waals surface area contributed by atoms with Crippen molar-refractivity contribution in [3.63, 3.8) is 0 Å². The first-order valence-corrected chi connectivity index (χ1v) is 8.91. The van der Waals surface area contributed by atoms with Crippen LogP contribution in [0, 0.1) is 5.82 Å². The van der Waals surface area contributed by atoms with E-state index < -0.39 is 6.10 Å². The van der Waals surface area contributed by atoms with Crippen molar-refractivity contribution in [3.8, 4) is 16.9 Å². The molecular weight excluding hydrogens is 397 g/mol. The van der Waals surface area contributed by atoms with Gasteiger partial charge in [0.25, 0.3) is 5.91 Å². The third-order valence-electron chi connectivity index (χ3n) is 3.84. The number of ether oxygens (including phenoxy) is 1. The lowest BCUT2D eigenvalue weighted by Crippen LogP contribution is -2.30. The van der Waals surface area contributed by atoms with Crippen LogP contribution >= 0.6 is 15.9 Å². The number of para-hydroxylation sites is 1. The summed E-state index contributed by atoms with van der Waals surface area (Å²) in [6, 6.07) is 21.5. The number of anilines is 1. The van der Waals surface area contributed by atoms with Crippen molar-refractivity contribution in [2.45, 2.75) is 13.0 Å². The van der Waals surface area contributed by atoms with Gasteiger partial charge >= 0.3 is 0 Å². The molecule has 26 heavy (non-hydrogen) atoms. The second kappa shape index (κ2) is 8.15. The highest BCUT2D eigenvalue weighted by molar-refractivity contribution is 9.10. The van der Waals surface area contributed by atoms with Crippen LogP contribution in [0.15, 0.2) is 77.3 Å². The van der Waals surface area contributed by atoms with Crippen molar-refractivity contribution in [3.05, 3.63) is 83.1 Å². The highest BCUT2D eigenvalue weighted by Gasteiger charge is 2.18. The summed E-state index contributed by atoms with van der Waals surface area (Å²) >= 11 is 3.24. The van der Waals surface area contributed by atoms with Crippen molar-refractivity contribution in [2.75, 3.05) is 5.32 Å². The van der Waals surface area contributed by atoms with Crippen molar-refractivity contribution in [1.82, 2.24) is 0 Å². The van der Waals surface area contributed by atoms with Gasteiger partial charge in [-0.25, -0.2) is 4.39 Å². The number of hydrogen-bond acceptors (Lipinski definition) is 2. The van der Waals surface area contributed by atoms with Crippen molar-refractivity contribution in [1.29, 1.82) is 0 Å². The minimum atomic E-state index is -0.749. The Hall–Kier alpha value is -2.66. The summed E-state index contributed by atoms with van der Waals surface area (Å²) in [5, 5.41) is 2.91. The molecule has 0 aliphatic carbocycles. The first-order valence-electron chi connectivity index (χ1n) is 8.11. The molecule has 5 heteroatoms. The zero-order valence-corrected chi connectivity index (χ0v) is 15.7. The first-order chi connectivity index (χ1) is 12.5. The van der Waals surface area contributed by atoms with Crippen LogP contribution in [0.2, 0.25) is 0 Å². The highest BCUT2D eigenvalue weighted by Crippen LogP contribution is 2.29. The van der Waals surface area contributed by atoms with E-state index >= 15 is 0 Å². The van der Waals surface area contributed by atoms with Crippen LogP contribution in [0.1, 0.15) is 6.92 Å². The Bertz CT molecular complexity index is 915. The SMILES string of the molecule is C[C@H](Oc1ccc(F)cc1Br)C(=O)Nc1ccccc1-c1ccccc1. The molecule has 3 rings (SSSR count). The summed E-state index contributed by atoms with van der Waals surface area (Å²) in [7, 11) is 0. The molecule has 0 saturated carbocycles. The Balaban J connectivity index is 1.76. The predicted molar refractivity (Wildman–Crippen MR) is 105 cm³/mol. The van der Waals surface area contributed by atoms with E-state index in [1.807, 2.05) is 54.6 Å². The number of hydrogen-bond donors (Lipinski definition) is 1. The van der Waals surface area contributed by atoms with E-state index in [1.54, 1.807) is 6.92 Å². The van der Waals surface area contributed by atoms with Crippen LogP contribution in [0.5, 0.6) is 5.75 Å². The molecule has 3 nitrogen and oxygen atoms in total. The summed E-state index contributed by atoms with van der Waals surface area (Å²) in [5.41, 5.74) is 2.65. The van der Waals surface area contributed by atoms with E-state index in [1.165, 1.54) is 18.2 Å². The lowest BCUT2D eigenvalue weighted by atomic mass is 10.0. The number of halogens is 2. The molecule has 3 aromatic carbocycles. The summed E-state index contributed by atoms with van der Waals surface area (Å²) in [6.45, 7) is 1.65. The molecule has 0 unspecified atom stereocenters. The minimum Gasteiger partial charge on any atom is -0.480 e. The van der Waals surface area contributed by atoms with E-state index in [-0.39, 0.29) is 11.7 Å². The maximum atomic E-state index is 13.2. The van der Waals surface area contributed by atoms with Gasteiger partial charge in [0.1, 0.15) is 11.6 Å². The molecule has 132 valence electrons. The van der Waals surface area contributed by atoms with Crippen LogP contribution < -0.4 is 10.1 Å². The van der Waals surface area contributed by atoms with Gasteiger partial charge in [0, 0.05) is 11.3 Å². The number of benzene rings is 3. The predicted octanol–water partition coefficient (Wildman–Crippen LogP) is 5.66. The average Bonchev–Trinajstić information content (AvgIpc) is 2.65. The molecule has 1 N–H and O–H groups in total. The Morgan fingerprint density at radius 3 is 2.46 bits per heavy atom.